The van der Waals surface area contributed by atoms with Crippen LogP contribution in [0.4, 0.5) is 0 Å². The molecule has 0 amide bonds. The van der Waals surface area contributed by atoms with Gasteiger partial charge in [-0.25, -0.2) is 9.59 Å². The predicted molar refractivity (Wildman–Crippen MR) is 97.3 cm³/mol. The standard InChI is InChI=1S/C18H17Cl2NO5/c1-4-25-17(23)14-9(2)16(21-10(14)3)13(22)8-26-18(24)15-11(19)6-5-7-12(15)20/h5-7,21H,4,8H2,1-3H3. The van der Waals surface area contributed by atoms with Crippen molar-refractivity contribution < 1.29 is 23.9 Å². The van der Waals surface area contributed by atoms with Crippen LogP contribution in [0, 0.1) is 13.8 Å². The Kier molecular flexibility index (Phi) is 6.45. The number of carbonyl (C=O) groups excluding carboxylic acids is 3. The van der Waals surface area contributed by atoms with Gasteiger partial charge in [-0.2, -0.15) is 0 Å². The van der Waals surface area contributed by atoms with E-state index in [-0.39, 0.29) is 27.9 Å². The minimum Gasteiger partial charge on any atom is -0.462 e. The van der Waals surface area contributed by atoms with E-state index in [1.807, 2.05) is 0 Å². The van der Waals surface area contributed by atoms with Gasteiger partial charge in [0.25, 0.3) is 0 Å². The average Bonchev–Trinajstić information content (AvgIpc) is 2.87. The van der Waals surface area contributed by atoms with Crippen molar-refractivity contribution in [3.8, 4) is 0 Å². The van der Waals surface area contributed by atoms with Crippen molar-refractivity contribution in [1.29, 1.82) is 0 Å². The highest BCUT2D eigenvalue weighted by molar-refractivity contribution is 6.39. The van der Waals surface area contributed by atoms with Crippen LogP contribution in [0.25, 0.3) is 0 Å². The number of hydrogen-bond acceptors (Lipinski definition) is 5. The highest BCUT2D eigenvalue weighted by Crippen LogP contribution is 2.25. The molecule has 26 heavy (non-hydrogen) atoms. The number of H-pyrrole nitrogens is 1. The Morgan fingerprint density at radius 3 is 2.15 bits per heavy atom. The fourth-order valence-electron chi connectivity index (χ4n) is 2.51. The van der Waals surface area contributed by atoms with Crippen molar-refractivity contribution in [2.75, 3.05) is 13.2 Å². The first-order chi connectivity index (χ1) is 12.3. The van der Waals surface area contributed by atoms with Crippen molar-refractivity contribution in [1.82, 2.24) is 4.98 Å². The van der Waals surface area contributed by atoms with E-state index >= 15 is 0 Å². The number of aromatic amines is 1. The summed E-state index contributed by atoms with van der Waals surface area (Å²) in [4.78, 5) is 39.4. The molecule has 0 saturated carbocycles. The van der Waals surface area contributed by atoms with E-state index < -0.39 is 24.3 Å². The smallest absolute Gasteiger partial charge is 0.341 e. The number of carbonyl (C=O) groups is 3. The molecule has 6 nitrogen and oxygen atoms in total. The minimum atomic E-state index is -0.805. The number of nitrogens with one attached hydrogen (secondary N) is 1. The molecule has 0 bridgehead atoms. The van der Waals surface area contributed by atoms with Gasteiger partial charge in [-0.3, -0.25) is 4.79 Å². The lowest BCUT2D eigenvalue weighted by molar-refractivity contribution is 0.0472. The highest BCUT2D eigenvalue weighted by atomic mass is 35.5. The minimum absolute atomic E-state index is 0.00441. The van der Waals surface area contributed by atoms with Gasteiger partial charge in [0.2, 0.25) is 5.78 Å². The van der Waals surface area contributed by atoms with Gasteiger partial charge >= 0.3 is 11.9 Å². The fourth-order valence-corrected chi connectivity index (χ4v) is 3.06. The van der Waals surface area contributed by atoms with Crippen LogP contribution in [0.3, 0.4) is 0 Å². The summed E-state index contributed by atoms with van der Waals surface area (Å²) in [5, 5.41) is 0.262. The lowest BCUT2D eigenvalue weighted by Gasteiger charge is -2.07. The van der Waals surface area contributed by atoms with Gasteiger partial charge in [0.05, 0.1) is 33.5 Å². The first kappa shape index (κ1) is 20.0. The van der Waals surface area contributed by atoms with Gasteiger partial charge in [-0.15, -0.1) is 0 Å². The Morgan fingerprint density at radius 2 is 1.58 bits per heavy atom. The molecular weight excluding hydrogens is 381 g/mol. The lowest BCUT2D eigenvalue weighted by atomic mass is 10.1. The Labute approximate surface area is 160 Å². The largest absolute Gasteiger partial charge is 0.462 e. The van der Waals surface area contributed by atoms with Crippen molar-refractivity contribution in [2.45, 2.75) is 20.8 Å². The third-order valence-electron chi connectivity index (χ3n) is 3.70. The second-order valence-corrected chi connectivity index (χ2v) is 6.26. The second-order valence-electron chi connectivity index (χ2n) is 5.44. The number of halogens is 2. The number of ether oxygens (including phenoxy) is 2. The van der Waals surface area contributed by atoms with Gasteiger partial charge < -0.3 is 14.5 Å². The summed E-state index contributed by atoms with van der Waals surface area (Å²) in [5.41, 5.74) is 1.43. The number of hydrogen-bond donors (Lipinski definition) is 1. The van der Waals surface area contributed by atoms with Crippen molar-refractivity contribution in [3.63, 3.8) is 0 Å². The van der Waals surface area contributed by atoms with Gasteiger partial charge in [-0.1, -0.05) is 29.3 Å². The van der Waals surface area contributed by atoms with Gasteiger partial charge in [-0.05, 0) is 38.5 Å². The van der Waals surface area contributed by atoms with E-state index in [4.69, 9.17) is 32.7 Å². The summed E-state index contributed by atoms with van der Waals surface area (Å²) in [6.07, 6.45) is 0. The molecule has 1 aromatic heterocycles. The van der Waals surface area contributed by atoms with E-state index in [9.17, 15) is 14.4 Å². The number of ketones is 1. The Bertz CT molecular complexity index is 852. The molecule has 1 heterocycles. The molecule has 2 rings (SSSR count). The maximum absolute atomic E-state index is 12.4. The SMILES string of the molecule is CCOC(=O)c1c(C)[nH]c(C(=O)COC(=O)c2c(Cl)cccc2Cl)c1C. The molecule has 0 radical (unpaired) electrons. The summed E-state index contributed by atoms with van der Waals surface area (Å²) in [7, 11) is 0. The summed E-state index contributed by atoms with van der Waals surface area (Å²) in [6.45, 7) is 4.67. The molecule has 0 saturated heterocycles. The van der Waals surface area contributed by atoms with E-state index in [0.29, 0.717) is 16.8 Å². The fraction of sp³-hybridized carbons (Fsp3) is 0.278. The molecular formula is C18H17Cl2NO5. The summed E-state index contributed by atoms with van der Waals surface area (Å²) in [5.74, 6) is -1.81. The van der Waals surface area contributed by atoms with Crippen LogP contribution in [0.2, 0.25) is 10.0 Å². The molecule has 0 spiro atoms. The van der Waals surface area contributed by atoms with E-state index in [1.165, 1.54) is 12.1 Å². The molecule has 8 heteroatoms. The molecule has 0 aliphatic carbocycles. The topological polar surface area (TPSA) is 85.5 Å². The van der Waals surface area contributed by atoms with Crippen LogP contribution in [0.15, 0.2) is 18.2 Å². The van der Waals surface area contributed by atoms with Crippen LogP contribution < -0.4 is 0 Å². The zero-order chi connectivity index (χ0) is 19.4. The monoisotopic (exact) mass is 397 g/mol. The van der Waals surface area contributed by atoms with Gasteiger partial charge in [0.1, 0.15) is 0 Å². The van der Waals surface area contributed by atoms with Crippen LogP contribution in [0.5, 0.6) is 0 Å². The third kappa shape index (κ3) is 4.08. The lowest BCUT2D eigenvalue weighted by Crippen LogP contribution is -2.16. The summed E-state index contributed by atoms with van der Waals surface area (Å²) in [6, 6.07) is 4.58. The molecule has 2 aromatic rings. The third-order valence-corrected chi connectivity index (χ3v) is 4.33. The zero-order valence-corrected chi connectivity index (χ0v) is 16.0. The number of esters is 2. The van der Waals surface area contributed by atoms with Crippen molar-refractivity contribution in [2.24, 2.45) is 0 Å². The van der Waals surface area contributed by atoms with Crippen LogP contribution in [-0.2, 0) is 9.47 Å². The molecule has 0 aliphatic rings. The quantitative estimate of drug-likeness (QED) is 0.584. The Morgan fingerprint density at radius 1 is 1.00 bits per heavy atom. The number of rotatable bonds is 6. The molecule has 1 N–H and O–H groups in total. The maximum Gasteiger partial charge on any atom is 0.341 e. The Balaban J connectivity index is 2.15. The number of benzene rings is 1. The molecule has 138 valence electrons. The zero-order valence-electron chi connectivity index (χ0n) is 14.4. The average molecular weight is 398 g/mol. The van der Waals surface area contributed by atoms with Crippen LogP contribution in [-0.4, -0.2) is 35.9 Å². The van der Waals surface area contributed by atoms with Gasteiger partial charge in [0, 0.05) is 5.69 Å². The summed E-state index contributed by atoms with van der Waals surface area (Å²) < 4.78 is 10.0. The summed E-state index contributed by atoms with van der Waals surface area (Å²) >= 11 is 11.9. The molecule has 0 atom stereocenters. The molecule has 0 aliphatic heterocycles. The molecule has 0 unspecified atom stereocenters. The first-order valence-electron chi connectivity index (χ1n) is 7.78. The molecule has 0 fully saturated rings. The van der Waals surface area contributed by atoms with Crippen molar-refractivity contribution in [3.05, 3.63) is 56.3 Å². The van der Waals surface area contributed by atoms with Crippen molar-refractivity contribution >= 4 is 40.9 Å². The van der Waals surface area contributed by atoms with Crippen LogP contribution >= 0.6 is 23.2 Å². The number of aromatic nitrogens is 1. The van der Waals surface area contributed by atoms with E-state index in [1.54, 1.807) is 26.8 Å². The maximum atomic E-state index is 12.4. The molecule has 1 aromatic carbocycles. The second kappa shape index (κ2) is 8.38. The van der Waals surface area contributed by atoms with E-state index in [2.05, 4.69) is 4.98 Å². The number of aryl methyl sites for hydroxylation is 1. The highest BCUT2D eigenvalue weighted by Gasteiger charge is 2.24. The van der Waals surface area contributed by atoms with E-state index in [0.717, 1.165) is 0 Å². The van der Waals surface area contributed by atoms with Crippen LogP contribution in [0.1, 0.15) is 49.4 Å². The van der Waals surface area contributed by atoms with Gasteiger partial charge in [0.15, 0.2) is 6.61 Å². The predicted octanol–water partition coefficient (Wildman–Crippen LogP) is 4.15. The first-order valence-corrected chi connectivity index (χ1v) is 8.54. The number of Topliss-reactive ketones (excluding diaryl/α,β-unsaturated/α-hetero) is 1. The normalized spacial score (nSPS) is 10.5. The Hall–Kier alpha value is -2.31.